The van der Waals surface area contributed by atoms with E-state index in [9.17, 15) is 19.8 Å². The van der Waals surface area contributed by atoms with Crippen molar-refractivity contribution >= 4 is 17.6 Å². The predicted molar refractivity (Wildman–Crippen MR) is 162 cm³/mol. The molecule has 0 unspecified atom stereocenters. The van der Waals surface area contributed by atoms with Gasteiger partial charge in [-0.05, 0) is 43.9 Å². The second-order valence-corrected chi connectivity index (χ2v) is 14.5. The van der Waals surface area contributed by atoms with Crippen LogP contribution in [-0.2, 0) is 28.5 Å². The zero-order chi connectivity index (χ0) is 32.1. The van der Waals surface area contributed by atoms with Crippen LogP contribution in [-0.4, -0.2) is 117 Å². The number of nitrogens with one attached hydrogen (secondary N) is 1. The molecule has 6 aliphatic rings. The van der Waals surface area contributed by atoms with Gasteiger partial charge < -0.3 is 39.2 Å². The fraction of sp³-hybridized carbons (Fsp3) is 0.765. The van der Waals surface area contributed by atoms with Crippen molar-refractivity contribution in [3.8, 4) is 0 Å². The number of aliphatic hydroxyl groups is 2. The highest BCUT2D eigenvalue weighted by Gasteiger charge is 2.91. The number of nitrogens with zero attached hydrogens (tertiary/aromatic N) is 1. The molecule has 7 rings (SSSR count). The topological polar surface area (TPSA) is 136 Å². The first-order valence-corrected chi connectivity index (χ1v) is 16.4. The van der Waals surface area contributed by atoms with E-state index in [-0.39, 0.29) is 60.1 Å². The van der Waals surface area contributed by atoms with Crippen LogP contribution in [0.5, 0.6) is 0 Å². The standard InChI is InChI=1S/C34H48N2O9/c1-7-36-16-31(17-45-29(38)19-10-8-9-11-22(19)35-18(2)37)13-12-24(42-4)33-21-14-20-23(41-3)15-32(39,25(21)26(20)43-5)34(40,30(33)36)28(44-6)27(31)33/h8-11,20-21,23-28,30,39-40H,7,12-17H2,1-6H3,(H,35,37)/t20-,21-,23+,24+,25-,26+,27-,28+,30+,31+,32-,33+,34-/m1/s1. The smallest absolute Gasteiger partial charge is 0.340 e. The molecule has 45 heavy (non-hydrogen) atoms. The molecule has 6 fully saturated rings. The highest BCUT2D eigenvalue weighted by Crippen LogP contribution is 2.80. The van der Waals surface area contributed by atoms with Crippen LogP contribution < -0.4 is 5.32 Å². The number of methoxy groups -OCH3 is 4. The molecule has 5 aliphatic carbocycles. The molecule has 1 amide bonds. The maximum atomic E-state index is 13.7. The average molecular weight is 629 g/mol. The molecule has 0 radical (unpaired) electrons. The van der Waals surface area contributed by atoms with Crippen molar-refractivity contribution in [1.29, 1.82) is 0 Å². The van der Waals surface area contributed by atoms with E-state index >= 15 is 0 Å². The number of carbonyl (C=O) groups is 2. The quantitative estimate of drug-likeness (QED) is 0.349. The van der Waals surface area contributed by atoms with Crippen LogP contribution in [0.15, 0.2) is 24.3 Å². The molecule has 7 bridgehead atoms. The first-order chi connectivity index (χ1) is 21.5. The van der Waals surface area contributed by atoms with E-state index in [4.69, 9.17) is 23.7 Å². The number of likely N-dealkylation sites (N-methyl/N-ethyl adjacent to an activating group) is 1. The van der Waals surface area contributed by atoms with Gasteiger partial charge in [-0.2, -0.15) is 0 Å². The highest BCUT2D eigenvalue weighted by molar-refractivity contribution is 6.00. The lowest BCUT2D eigenvalue weighted by Crippen LogP contribution is -2.82. The molecule has 5 saturated carbocycles. The fourth-order valence-corrected chi connectivity index (χ4v) is 12.2. The number of amides is 1. The summed E-state index contributed by atoms with van der Waals surface area (Å²) in [6, 6.07) is 6.41. The van der Waals surface area contributed by atoms with Crippen molar-refractivity contribution < 1.29 is 43.5 Å². The van der Waals surface area contributed by atoms with E-state index in [0.717, 1.165) is 12.8 Å². The maximum absolute atomic E-state index is 13.7. The molecule has 248 valence electrons. The van der Waals surface area contributed by atoms with Crippen molar-refractivity contribution in [3.05, 3.63) is 29.8 Å². The van der Waals surface area contributed by atoms with Crippen molar-refractivity contribution in [1.82, 2.24) is 4.90 Å². The van der Waals surface area contributed by atoms with Crippen LogP contribution in [0.25, 0.3) is 0 Å². The van der Waals surface area contributed by atoms with E-state index in [2.05, 4.69) is 17.1 Å². The van der Waals surface area contributed by atoms with Gasteiger partial charge in [0, 0.05) is 76.9 Å². The Morgan fingerprint density at radius 3 is 2.47 bits per heavy atom. The van der Waals surface area contributed by atoms with Gasteiger partial charge in [-0.15, -0.1) is 0 Å². The summed E-state index contributed by atoms with van der Waals surface area (Å²) in [6.07, 6.45) is 0.993. The van der Waals surface area contributed by atoms with Gasteiger partial charge in [0.2, 0.25) is 5.91 Å². The average Bonchev–Trinajstić information content (AvgIpc) is 3.45. The van der Waals surface area contributed by atoms with E-state index in [1.165, 1.54) is 6.92 Å². The second kappa shape index (κ2) is 10.7. The summed E-state index contributed by atoms with van der Waals surface area (Å²) in [4.78, 5) is 27.9. The van der Waals surface area contributed by atoms with Crippen LogP contribution in [0, 0.1) is 34.5 Å². The lowest BCUT2D eigenvalue weighted by molar-refractivity contribution is -0.320. The van der Waals surface area contributed by atoms with Crippen molar-refractivity contribution in [3.63, 3.8) is 0 Å². The maximum Gasteiger partial charge on any atom is 0.340 e. The van der Waals surface area contributed by atoms with E-state index in [0.29, 0.717) is 31.6 Å². The summed E-state index contributed by atoms with van der Waals surface area (Å²) in [5.74, 6) is -1.36. The van der Waals surface area contributed by atoms with Crippen molar-refractivity contribution in [2.24, 2.45) is 34.5 Å². The Morgan fingerprint density at radius 2 is 1.82 bits per heavy atom. The zero-order valence-electron chi connectivity index (χ0n) is 27.2. The number of hydrogen-bond donors (Lipinski definition) is 3. The molecule has 0 aromatic heterocycles. The number of para-hydroxylation sites is 1. The van der Waals surface area contributed by atoms with Gasteiger partial charge in [0.15, 0.2) is 0 Å². The summed E-state index contributed by atoms with van der Waals surface area (Å²) in [6.45, 7) is 4.81. The molecule has 1 heterocycles. The Labute approximate surface area is 264 Å². The number of fused-ring (bicyclic) bond motifs is 2. The van der Waals surface area contributed by atoms with Gasteiger partial charge in [-0.1, -0.05) is 19.1 Å². The fourth-order valence-electron chi connectivity index (χ4n) is 12.2. The number of carbonyl (C=O) groups excluding carboxylic acids is 2. The van der Waals surface area contributed by atoms with Gasteiger partial charge in [0.25, 0.3) is 0 Å². The van der Waals surface area contributed by atoms with E-state index in [1.54, 1.807) is 52.7 Å². The first kappa shape index (κ1) is 31.5. The number of piperidine rings is 1. The minimum absolute atomic E-state index is 0.0387. The van der Waals surface area contributed by atoms with Gasteiger partial charge >= 0.3 is 5.97 Å². The van der Waals surface area contributed by atoms with Gasteiger partial charge in [0.1, 0.15) is 11.2 Å². The summed E-state index contributed by atoms with van der Waals surface area (Å²) < 4.78 is 31.2. The monoisotopic (exact) mass is 628 g/mol. The Morgan fingerprint density at radius 1 is 1.07 bits per heavy atom. The van der Waals surface area contributed by atoms with Crippen molar-refractivity contribution in [2.75, 3.05) is 53.5 Å². The molecule has 1 aliphatic heterocycles. The lowest BCUT2D eigenvalue weighted by Gasteiger charge is -2.70. The van der Waals surface area contributed by atoms with Crippen molar-refractivity contribution in [2.45, 2.75) is 81.2 Å². The van der Waals surface area contributed by atoms with Crippen LogP contribution >= 0.6 is 0 Å². The number of esters is 1. The van der Waals surface area contributed by atoms with Crippen LogP contribution in [0.3, 0.4) is 0 Å². The number of anilines is 1. The number of rotatable bonds is 9. The molecule has 1 aromatic carbocycles. The van der Waals surface area contributed by atoms with Gasteiger partial charge in [-0.25, -0.2) is 4.79 Å². The minimum atomic E-state index is -1.66. The largest absolute Gasteiger partial charge is 0.461 e. The summed E-state index contributed by atoms with van der Waals surface area (Å²) >= 11 is 0. The Kier molecular flexibility index (Phi) is 7.48. The predicted octanol–water partition coefficient (Wildman–Crippen LogP) is 2.09. The van der Waals surface area contributed by atoms with Crippen LogP contribution in [0.4, 0.5) is 5.69 Å². The summed E-state index contributed by atoms with van der Waals surface area (Å²) in [7, 11) is 6.75. The third kappa shape index (κ3) is 3.72. The number of ether oxygens (including phenoxy) is 5. The Balaban J connectivity index is 1.37. The van der Waals surface area contributed by atoms with Crippen LogP contribution in [0.2, 0.25) is 0 Å². The third-order valence-corrected chi connectivity index (χ3v) is 13.3. The van der Waals surface area contributed by atoms with Gasteiger partial charge in [-0.3, -0.25) is 9.69 Å². The Bertz CT molecular complexity index is 1360. The number of benzene rings is 1. The molecular weight excluding hydrogens is 580 g/mol. The molecule has 13 atom stereocenters. The SMILES string of the molecule is CCN1C[C@]2(COC(=O)c3ccccc3NC(C)=O)CC[C@H](OC)[C@@]34[C@@H]5C[C@H]6[C@H](OC)[C@@H]5[C@](O)(C[C@@H]6OC)[C@@](O)([C@@H](OC)[C@H]23)[C@@H]14. The summed E-state index contributed by atoms with van der Waals surface area (Å²) in [5, 5.41) is 29.2. The molecule has 3 N–H and O–H groups in total. The normalized spacial score (nSPS) is 47.4. The number of likely N-dealkylation sites (tertiary alicyclic amines) is 1. The molecule has 1 aromatic rings. The molecule has 11 nitrogen and oxygen atoms in total. The number of hydrogen-bond acceptors (Lipinski definition) is 10. The minimum Gasteiger partial charge on any atom is -0.461 e. The van der Waals surface area contributed by atoms with E-state index in [1.807, 2.05) is 0 Å². The zero-order valence-corrected chi connectivity index (χ0v) is 27.2. The molecular formula is C34H48N2O9. The third-order valence-electron chi connectivity index (χ3n) is 13.3. The van der Waals surface area contributed by atoms with Gasteiger partial charge in [0.05, 0.1) is 48.3 Å². The summed E-state index contributed by atoms with van der Waals surface area (Å²) in [5.41, 5.74) is -3.68. The molecule has 1 saturated heterocycles. The van der Waals surface area contributed by atoms with Crippen LogP contribution in [0.1, 0.15) is 49.9 Å². The second-order valence-electron chi connectivity index (χ2n) is 14.5. The highest BCUT2D eigenvalue weighted by atomic mass is 16.5. The molecule has 11 heteroatoms. The Hall–Kier alpha value is -2.12. The molecule has 1 spiro atoms. The van der Waals surface area contributed by atoms with E-state index < -0.39 is 40.1 Å². The first-order valence-electron chi connectivity index (χ1n) is 16.4. The lowest BCUT2D eigenvalue weighted by atomic mass is 9.42.